The van der Waals surface area contributed by atoms with Gasteiger partial charge in [0.2, 0.25) is 11.8 Å². The van der Waals surface area contributed by atoms with Crippen molar-refractivity contribution < 1.29 is 33.3 Å². The monoisotopic (exact) mass is 865 g/mol. The van der Waals surface area contributed by atoms with Crippen LogP contribution < -0.4 is 20.7 Å². The number of azide groups is 1. The minimum atomic E-state index is -0.891. The highest BCUT2D eigenvalue weighted by molar-refractivity contribution is 8.76. The van der Waals surface area contributed by atoms with Crippen molar-refractivity contribution in [2.24, 2.45) is 28.8 Å². The van der Waals surface area contributed by atoms with Crippen LogP contribution in [0, 0.1) is 47.4 Å². The third-order valence-corrected chi connectivity index (χ3v) is 9.30. The van der Waals surface area contributed by atoms with E-state index in [0.29, 0.717) is 55.2 Å². The van der Waals surface area contributed by atoms with Gasteiger partial charge in [0.1, 0.15) is 24.9 Å². The lowest BCUT2D eigenvalue weighted by Gasteiger charge is -2.14. The molecule has 0 spiro atoms. The van der Waals surface area contributed by atoms with Crippen LogP contribution in [0.4, 0.5) is 0 Å². The van der Waals surface area contributed by atoms with Crippen LogP contribution in [0.1, 0.15) is 119 Å². The number of carbonyl (C=O) groups is 3. The molecule has 0 fully saturated rings. The van der Waals surface area contributed by atoms with Crippen LogP contribution in [-0.4, -0.2) is 88.3 Å². The molecule has 0 aliphatic heterocycles. The molecule has 1 aromatic rings. The molecule has 13 nitrogen and oxygen atoms in total. The molecule has 0 heterocycles. The molecule has 1 unspecified atom stereocenters. The fourth-order valence-corrected chi connectivity index (χ4v) is 6.07. The van der Waals surface area contributed by atoms with Crippen molar-refractivity contribution in [3.63, 3.8) is 0 Å². The van der Waals surface area contributed by atoms with Crippen LogP contribution >= 0.6 is 21.6 Å². The predicted molar refractivity (Wildman–Crippen MR) is 247 cm³/mol. The lowest BCUT2D eigenvalue weighted by Crippen LogP contribution is -2.29. The first-order valence-corrected chi connectivity index (χ1v) is 22.4. The molecule has 1 rings (SSSR count). The molecule has 0 aliphatic rings. The van der Waals surface area contributed by atoms with Crippen LogP contribution in [0.25, 0.3) is 10.4 Å². The van der Waals surface area contributed by atoms with Gasteiger partial charge in [-0.15, -0.1) is 0 Å². The summed E-state index contributed by atoms with van der Waals surface area (Å²) in [4.78, 5) is 38.3. The van der Waals surface area contributed by atoms with E-state index in [1.54, 1.807) is 35.1 Å². The molecule has 0 saturated heterocycles. The van der Waals surface area contributed by atoms with E-state index < -0.39 is 6.23 Å². The summed E-state index contributed by atoms with van der Waals surface area (Å²) in [6.07, 6.45) is 4.93. The van der Waals surface area contributed by atoms with Gasteiger partial charge in [-0.1, -0.05) is 133 Å². The molecule has 0 aromatic heterocycles. The van der Waals surface area contributed by atoms with Crippen molar-refractivity contribution in [2.75, 3.05) is 64.4 Å². The molecule has 15 heteroatoms. The van der Waals surface area contributed by atoms with Crippen LogP contribution in [0.5, 0.6) is 5.75 Å². The molecule has 1 atom stereocenters. The molecular weight excluding hydrogens is 789 g/mol. The Kier molecular flexibility index (Phi) is 41.7. The van der Waals surface area contributed by atoms with Gasteiger partial charge in [0.25, 0.3) is 5.91 Å². The Balaban J connectivity index is -0.00000113. The second-order valence-electron chi connectivity index (χ2n) is 14.3. The first-order chi connectivity index (χ1) is 27.3. The number of amides is 3. The van der Waals surface area contributed by atoms with E-state index in [4.69, 9.17) is 24.5 Å². The Morgan fingerprint density at radius 3 is 2.07 bits per heavy atom. The zero-order valence-corrected chi connectivity index (χ0v) is 37.2. The van der Waals surface area contributed by atoms with Crippen molar-refractivity contribution in [1.82, 2.24) is 16.0 Å². The number of nitrogens with zero attached hydrogens (tertiary/aromatic N) is 3. The van der Waals surface area contributed by atoms with Gasteiger partial charge in [-0.25, -0.2) is 0 Å². The third-order valence-electron chi connectivity index (χ3n) is 7.13. The highest BCUT2D eigenvalue weighted by atomic mass is 33.1. The Morgan fingerprint density at radius 1 is 0.797 bits per heavy atom. The van der Waals surface area contributed by atoms with Crippen LogP contribution in [0.2, 0.25) is 0 Å². The van der Waals surface area contributed by atoms with Gasteiger partial charge in [0.05, 0.1) is 26.3 Å². The fourth-order valence-electron chi connectivity index (χ4n) is 4.30. The predicted octanol–water partition coefficient (Wildman–Crippen LogP) is 9.28. The van der Waals surface area contributed by atoms with Crippen LogP contribution in [0.3, 0.4) is 0 Å². The third kappa shape index (κ3) is 41.0. The molecule has 0 aliphatic carbocycles. The first-order valence-electron chi connectivity index (χ1n) is 19.9. The zero-order chi connectivity index (χ0) is 42.5. The Labute approximate surface area is 365 Å². The highest BCUT2D eigenvalue weighted by Gasteiger charge is 2.11. The number of benzene rings is 1. The molecule has 3 N–H and O–H groups in total. The van der Waals surface area contributed by atoms with E-state index in [9.17, 15) is 14.4 Å². The molecule has 336 valence electrons. The second-order valence-corrected chi connectivity index (χ2v) is 16.9. The van der Waals surface area contributed by atoms with Crippen LogP contribution in [-0.2, 0) is 23.8 Å². The molecule has 0 radical (unpaired) electrons. The van der Waals surface area contributed by atoms with Gasteiger partial charge in [-0.2, -0.15) is 0 Å². The van der Waals surface area contributed by atoms with Gasteiger partial charge in [-0.3, -0.25) is 14.4 Å². The molecule has 3 amide bonds. The lowest BCUT2D eigenvalue weighted by atomic mass is 10.1. The number of rotatable bonds is 28. The number of carbonyl (C=O) groups excluding carboxylic acids is 3. The zero-order valence-electron chi connectivity index (χ0n) is 35.5. The normalized spacial score (nSPS) is 10.6. The maximum Gasteiger partial charge on any atom is 0.251 e. The lowest BCUT2D eigenvalue weighted by molar-refractivity contribution is -0.126. The minimum absolute atomic E-state index is 0. The summed E-state index contributed by atoms with van der Waals surface area (Å²) in [6, 6.07) is 6.75. The second kappa shape index (κ2) is 41.2. The van der Waals surface area contributed by atoms with Crippen LogP contribution in [0.15, 0.2) is 29.4 Å². The summed E-state index contributed by atoms with van der Waals surface area (Å²) in [5.41, 5.74) is 9.26. The van der Waals surface area contributed by atoms with E-state index in [-0.39, 0.29) is 71.5 Å². The highest BCUT2D eigenvalue weighted by Crippen LogP contribution is 2.23. The summed E-state index contributed by atoms with van der Waals surface area (Å²) in [6.45, 7) is 18.9. The van der Waals surface area contributed by atoms with E-state index in [2.05, 4.69) is 77.4 Å². The molecule has 59 heavy (non-hydrogen) atoms. The molecule has 0 saturated carbocycles. The van der Waals surface area contributed by atoms with Gasteiger partial charge in [-0.05, 0) is 61.2 Å². The average molecular weight is 865 g/mol. The van der Waals surface area contributed by atoms with Gasteiger partial charge >= 0.3 is 0 Å². The number of ether oxygens (including phenoxy) is 4. The summed E-state index contributed by atoms with van der Waals surface area (Å²) in [5.74, 6) is 15.7. The number of hydrogen-bond donors (Lipinski definition) is 3. The molecule has 1 aromatic carbocycles. The standard InChI is InChI=1S/C25H37N5O5.C17H31NO2S2.2CH4/c1-19(2)8-6-12-27-23(31)17-33-14-15-34-24(29-30-26)18-35-22-11-5-10-21(16-22)25(32)28-13-7-9-20(3)4;1-15(2)8-5-11-18-17(19)10-6-12-20-14-22-21-13-7-9-16(3)4;;/h5,10-11,16,19-20,24H,7,9,12-15,17-18H2,1-4H3,(H,27,31)(H,28,32);15-16H,6-7,9-14H2,1-4H3,(H,18,19);2*1H4. The minimum Gasteiger partial charge on any atom is -0.491 e. The van der Waals surface area contributed by atoms with Gasteiger partial charge in [0, 0.05) is 47.6 Å². The maximum atomic E-state index is 12.3. The largest absolute Gasteiger partial charge is 0.491 e. The average Bonchev–Trinajstić information content (AvgIpc) is 3.16. The summed E-state index contributed by atoms with van der Waals surface area (Å²) in [7, 11) is 3.63. The van der Waals surface area contributed by atoms with Crippen molar-refractivity contribution >= 4 is 39.3 Å². The van der Waals surface area contributed by atoms with Crippen molar-refractivity contribution in [1.29, 1.82) is 0 Å². The maximum absolute atomic E-state index is 12.3. The van der Waals surface area contributed by atoms with Crippen molar-refractivity contribution in [3.05, 3.63) is 40.3 Å². The number of nitrogens with one attached hydrogen (secondary N) is 3. The van der Waals surface area contributed by atoms with E-state index >= 15 is 0 Å². The van der Waals surface area contributed by atoms with E-state index in [1.165, 1.54) is 18.6 Å². The topological polar surface area (TPSA) is 173 Å². The Bertz CT molecular complexity index is 1420. The summed E-state index contributed by atoms with van der Waals surface area (Å²) < 4.78 is 21.9. The van der Waals surface area contributed by atoms with Gasteiger partial charge < -0.3 is 34.9 Å². The van der Waals surface area contributed by atoms with Gasteiger partial charge in [0.15, 0.2) is 6.23 Å². The smallest absolute Gasteiger partial charge is 0.251 e. The number of hydrogen-bond acceptors (Lipinski definition) is 10. The fraction of sp³-hybridized carbons (Fsp3) is 0.705. The Morgan fingerprint density at radius 2 is 1.44 bits per heavy atom. The van der Waals surface area contributed by atoms with E-state index in [1.807, 2.05) is 38.5 Å². The van der Waals surface area contributed by atoms with E-state index in [0.717, 1.165) is 25.2 Å². The summed E-state index contributed by atoms with van der Waals surface area (Å²) >= 11 is 0. The summed E-state index contributed by atoms with van der Waals surface area (Å²) in [5, 5.41) is 11.9. The SMILES string of the molecule is C.C.CC(C)C#CCNC(=O)CCCOCSSCCCC(C)C.CC(C)C#CCNC(=O)COCCOC(COc1cccc(C(=O)NCCCC(C)C)c1)N=[N+]=[N-]. The quantitative estimate of drug-likeness (QED) is 0.0141. The Hall–Kier alpha value is -3.56. The first kappa shape index (κ1) is 59.7. The van der Waals surface area contributed by atoms with Crippen molar-refractivity contribution in [3.8, 4) is 29.4 Å². The molecular formula is C44H76N6O7S2. The van der Waals surface area contributed by atoms with Crippen molar-refractivity contribution in [2.45, 2.75) is 115 Å². The molecule has 0 bridgehead atoms.